The van der Waals surface area contributed by atoms with Gasteiger partial charge in [0.15, 0.2) is 0 Å². The lowest BCUT2D eigenvalue weighted by Gasteiger charge is -2.16. The van der Waals surface area contributed by atoms with Crippen LogP contribution < -0.4 is 9.47 Å². The van der Waals surface area contributed by atoms with E-state index in [2.05, 4.69) is 52.0 Å². The summed E-state index contributed by atoms with van der Waals surface area (Å²) >= 11 is 7.04. The first-order chi connectivity index (χ1) is 27.9. The summed E-state index contributed by atoms with van der Waals surface area (Å²) < 4.78 is 22.7. The van der Waals surface area contributed by atoms with E-state index in [1.54, 1.807) is 11.3 Å². The number of hydrogen-bond donors (Lipinski definition) is 0. The lowest BCUT2D eigenvalue weighted by Crippen LogP contribution is -2.01. The fraction of sp³-hybridized carbons (Fsp3) is 0.571. The lowest BCUT2D eigenvalue weighted by molar-refractivity contribution is 0.0532. The van der Waals surface area contributed by atoms with Crippen molar-refractivity contribution in [1.82, 2.24) is 0 Å². The number of unbranched alkanes of at least 4 members (excludes halogenated alkanes) is 18. The number of carbonyl (C=O) groups excluding carboxylic acids is 1. The summed E-state index contributed by atoms with van der Waals surface area (Å²) in [6.45, 7) is 12.7. The van der Waals surface area contributed by atoms with E-state index in [1.807, 2.05) is 47.0 Å². The molecule has 2 aromatic carbocycles. The Balaban J connectivity index is 1.24. The van der Waals surface area contributed by atoms with Crippen LogP contribution in [0.2, 0.25) is 0 Å². The lowest BCUT2D eigenvalue weighted by atomic mass is 10.0. The number of hydrogen-bond acceptors (Lipinski definition) is 8. The van der Waals surface area contributed by atoms with Gasteiger partial charge < -0.3 is 14.2 Å². The molecule has 6 rings (SSSR count). The van der Waals surface area contributed by atoms with Crippen LogP contribution >= 0.6 is 45.3 Å². The smallest absolute Gasteiger partial charge is 0.348 e. The van der Waals surface area contributed by atoms with Gasteiger partial charge in [-0.2, -0.15) is 0 Å². The van der Waals surface area contributed by atoms with Crippen molar-refractivity contribution in [1.29, 1.82) is 0 Å². The minimum absolute atomic E-state index is 0.234. The molecule has 0 aliphatic rings. The summed E-state index contributed by atoms with van der Waals surface area (Å²) in [6, 6.07) is 11.4. The first-order valence-corrected chi connectivity index (χ1v) is 25.6. The van der Waals surface area contributed by atoms with Gasteiger partial charge in [-0.3, -0.25) is 0 Å². The van der Waals surface area contributed by atoms with Crippen molar-refractivity contribution in [3.8, 4) is 21.3 Å². The molecule has 0 amide bonds. The number of aryl methyl sites for hydroxylation is 2. The molecule has 0 atom stereocenters. The number of rotatable bonds is 27. The molecule has 0 N–H and O–H groups in total. The van der Waals surface area contributed by atoms with Crippen LogP contribution in [0, 0.1) is 13.8 Å². The van der Waals surface area contributed by atoms with E-state index in [9.17, 15) is 4.79 Å². The zero-order valence-electron chi connectivity index (χ0n) is 35.4. The summed E-state index contributed by atoms with van der Waals surface area (Å²) in [6.07, 6.45) is 26.2. The number of benzene rings is 2. The maximum absolute atomic E-state index is 12.7. The van der Waals surface area contributed by atoms with Crippen molar-refractivity contribution in [2.45, 2.75) is 163 Å². The molecule has 0 aliphatic heterocycles. The maximum atomic E-state index is 12.7. The third kappa shape index (κ3) is 11.6. The van der Waals surface area contributed by atoms with Gasteiger partial charge in [0.05, 0.1) is 29.4 Å². The molecule has 0 saturated carbocycles. The second-order valence-corrected chi connectivity index (χ2v) is 20.5. The summed E-state index contributed by atoms with van der Waals surface area (Å²) in [5.41, 5.74) is 0. The van der Waals surface area contributed by atoms with Crippen molar-refractivity contribution in [2.75, 3.05) is 19.8 Å². The molecule has 0 bridgehead atoms. The van der Waals surface area contributed by atoms with Gasteiger partial charge in [-0.1, -0.05) is 129 Å². The van der Waals surface area contributed by atoms with E-state index in [0.29, 0.717) is 11.5 Å². The average molecular weight is 847 g/mol. The molecule has 4 aromatic heterocycles. The molecule has 0 saturated heterocycles. The Hall–Kier alpha value is -2.65. The summed E-state index contributed by atoms with van der Waals surface area (Å²) in [5, 5.41) is 5.86. The van der Waals surface area contributed by atoms with Crippen molar-refractivity contribution in [3.63, 3.8) is 0 Å². The van der Waals surface area contributed by atoms with Gasteiger partial charge in [-0.25, -0.2) is 4.79 Å². The Morgan fingerprint density at radius 3 is 1.68 bits per heavy atom. The van der Waals surface area contributed by atoms with E-state index in [0.717, 1.165) is 53.7 Å². The Bertz CT molecular complexity index is 2060. The van der Waals surface area contributed by atoms with Crippen LogP contribution in [0.1, 0.15) is 169 Å². The van der Waals surface area contributed by atoms with Crippen LogP contribution in [-0.2, 0) is 4.74 Å². The fourth-order valence-electron chi connectivity index (χ4n) is 8.08. The van der Waals surface area contributed by atoms with E-state index in [4.69, 9.17) is 14.2 Å². The number of carbonyl (C=O) groups is 1. The molecule has 0 spiro atoms. The highest BCUT2D eigenvalue weighted by Gasteiger charge is 2.23. The third-order valence-electron chi connectivity index (χ3n) is 11.2. The van der Waals surface area contributed by atoms with E-state index < -0.39 is 0 Å². The number of ether oxygens (including phenoxy) is 3. The van der Waals surface area contributed by atoms with Gasteiger partial charge >= 0.3 is 5.97 Å². The minimum Gasteiger partial charge on any atom is -0.492 e. The molecule has 4 heterocycles. The van der Waals surface area contributed by atoms with Crippen LogP contribution in [0.3, 0.4) is 0 Å². The normalized spacial score (nSPS) is 11.9. The molecule has 8 heteroatoms. The Morgan fingerprint density at radius 1 is 0.526 bits per heavy atom. The van der Waals surface area contributed by atoms with Gasteiger partial charge in [-0.05, 0) is 69.3 Å². The molecule has 0 fully saturated rings. The zero-order chi connectivity index (χ0) is 40.0. The molecule has 0 unspecified atom stereocenters. The minimum atomic E-state index is -0.234. The predicted octanol–water partition coefficient (Wildman–Crippen LogP) is 17.6. The molecular formula is C49H66O4S4. The topological polar surface area (TPSA) is 44.8 Å². The first kappa shape index (κ1) is 43.9. The van der Waals surface area contributed by atoms with Crippen LogP contribution in [0.4, 0.5) is 0 Å². The van der Waals surface area contributed by atoms with E-state index in [1.165, 1.54) is 160 Å². The molecule has 6 aromatic rings. The molecule has 4 nitrogen and oxygen atoms in total. The van der Waals surface area contributed by atoms with E-state index in [-0.39, 0.29) is 5.97 Å². The van der Waals surface area contributed by atoms with Gasteiger partial charge in [0.25, 0.3) is 0 Å². The highest BCUT2D eigenvalue weighted by molar-refractivity contribution is 7.30. The average Bonchev–Trinajstić information content (AvgIpc) is 3.99. The third-order valence-corrected chi connectivity index (χ3v) is 16.0. The highest BCUT2D eigenvalue weighted by Crippen LogP contribution is 2.51. The van der Waals surface area contributed by atoms with Gasteiger partial charge in [0.1, 0.15) is 16.4 Å². The van der Waals surface area contributed by atoms with Gasteiger partial charge in [-0.15, -0.1) is 45.3 Å². The predicted molar refractivity (Wildman–Crippen MR) is 254 cm³/mol. The monoisotopic (exact) mass is 846 g/mol. The second-order valence-electron chi connectivity index (χ2n) is 15.9. The standard InChI is InChI=1S/C49H66O4S4/c1-6-9-11-13-15-17-19-21-23-25-27-52-44-38-32-41-36(31-42(56-41)47-40-33-43(49(50)51-8-3)57-46(40)35(5)55-47)30-37(38)45(48-39(44)29-34(4)54-48)53-28-26-24-22-20-18-16-14-12-10-7-2/h29-33H,6-28H2,1-5H3. The number of thiophene rings is 4. The SMILES string of the molecule is CCCCCCCCCCCCOc1c2cc3sc(-c4sc(C)c5sc(C(=O)OCC)cc45)cc3cc2c(OCCCCCCCCCCCC)c2sc(C)cc12. The molecular weight excluding hydrogens is 781 g/mol. The summed E-state index contributed by atoms with van der Waals surface area (Å²) in [5.74, 6) is 1.79. The largest absolute Gasteiger partial charge is 0.492 e. The maximum Gasteiger partial charge on any atom is 0.348 e. The molecule has 310 valence electrons. The van der Waals surface area contributed by atoms with Crippen LogP contribution in [0.5, 0.6) is 11.5 Å². The second kappa shape index (κ2) is 22.6. The molecule has 0 radical (unpaired) electrons. The van der Waals surface area contributed by atoms with Crippen molar-refractivity contribution in [2.24, 2.45) is 0 Å². The Labute approximate surface area is 358 Å². The van der Waals surface area contributed by atoms with Crippen molar-refractivity contribution < 1.29 is 19.0 Å². The van der Waals surface area contributed by atoms with Crippen LogP contribution in [0.15, 0.2) is 30.3 Å². The van der Waals surface area contributed by atoms with Gasteiger partial charge in [0.2, 0.25) is 0 Å². The zero-order valence-corrected chi connectivity index (χ0v) is 38.7. The van der Waals surface area contributed by atoms with Crippen molar-refractivity contribution in [3.05, 3.63) is 45.0 Å². The Kier molecular flexibility index (Phi) is 17.4. The Morgan fingerprint density at radius 2 is 1.09 bits per heavy atom. The summed E-state index contributed by atoms with van der Waals surface area (Å²) in [7, 11) is 0. The number of fused-ring (bicyclic) bond motifs is 4. The fourth-order valence-corrected chi connectivity index (χ4v) is 12.6. The van der Waals surface area contributed by atoms with Crippen molar-refractivity contribution >= 4 is 92.3 Å². The van der Waals surface area contributed by atoms with E-state index >= 15 is 0 Å². The van der Waals surface area contributed by atoms with Crippen LogP contribution in [0.25, 0.3) is 50.8 Å². The molecule has 57 heavy (non-hydrogen) atoms. The van der Waals surface area contributed by atoms with Gasteiger partial charge in [0, 0.05) is 45.6 Å². The quantitative estimate of drug-likeness (QED) is 0.0383. The highest BCUT2D eigenvalue weighted by atomic mass is 32.1. The van der Waals surface area contributed by atoms with Crippen LogP contribution in [-0.4, -0.2) is 25.8 Å². The summed E-state index contributed by atoms with van der Waals surface area (Å²) in [4.78, 5) is 18.3. The first-order valence-electron chi connectivity index (χ1n) is 22.3. The number of esters is 1. The molecule has 0 aliphatic carbocycles.